The molecule has 3 aliphatic rings. The first-order chi connectivity index (χ1) is 14.2. The summed E-state index contributed by atoms with van der Waals surface area (Å²) in [5, 5.41) is 1.24. The monoisotopic (exact) mass is 386 g/mol. The van der Waals surface area contributed by atoms with Crippen LogP contribution in [0.4, 0.5) is 0 Å². The number of rotatable bonds is 3. The number of nitrogens with zero attached hydrogens (tertiary/aromatic N) is 4. The van der Waals surface area contributed by atoms with Crippen molar-refractivity contribution < 1.29 is 4.79 Å². The summed E-state index contributed by atoms with van der Waals surface area (Å²) in [6.07, 6.45) is 5.90. The minimum Gasteiger partial charge on any atom is -0.335 e. The standard InChI is InChI=1S/C24H26N4O/c1-17-7-10-22-20(5-4-12-25-22)21(17)16-27-13-18-8-9-19(27)15-28(14-18)24(29)23-6-2-3-11-26-23/h2-7,10-12,18-19H,8-9,13-16H2,1H3/t18-,19-/m1/s1. The summed E-state index contributed by atoms with van der Waals surface area (Å²) in [5.74, 6) is 0.588. The third-order valence-corrected chi connectivity index (χ3v) is 6.49. The molecule has 5 heterocycles. The molecule has 3 saturated heterocycles. The summed E-state index contributed by atoms with van der Waals surface area (Å²) in [6, 6.07) is 14.4. The van der Waals surface area contributed by atoms with Crippen LogP contribution in [-0.2, 0) is 6.54 Å². The van der Waals surface area contributed by atoms with Gasteiger partial charge in [-0.3, -0.25) is 19.7 Å². The summed E-state index contributed by atoms with van der Waals surface area (Å²) in [4.78, 5) is 26.4. The quantitative estimate of drug-likeness (QED) is 0.689. The highest BCUT2D eigenvalue weighted by atomic mass is 16.2. The molecule has 1 amide bonds. The van der Waals surface area contributed by atoms with Gasteiger partial charge in [0.25, 0.3) is 5.91 Å². The fourth-order valence-corrected chi connectivity index (χ4v) is 4.93. The van der Waals surface area contributed by atoms with E-state index in [1.165, 1.54) is 22.9 Å². The Morgan fingerprint density at radius 1 is 1.00 bits per heavy atom. The van der Waals surface area contributed by atoms with Crippen molar-refractivity contribution in [3.63, 3.8) is 0 Å². The van der Waals surface area contributed by atoms with Crippen LogP contribution in [0.5, 0.6) is 0 Å². The number of fused-ring (bicyclic) bond motifs is 5. The lowest BCUT2D eigenvalue weighted by molar-refractivity contribution is 0.0730. The first kappa shape index (κ1) is 18.3. The van der Waals surface area contributed by atoms with Gasteiger partial charge in [-0.1, -0.05) is 18.2 Å². The maximum absolute atomic E-state index is 13.0. The van der Waals surface area contributed by atoms with Crippen molar-refractivity contribution in [2.24, 2.45) is 5.92 Å². The molecule has 6 rings (SSSR count). The van der Waals surface area contributed by atoms with Crippen molar-refractivity contribution >= 4 is 16.8 Å². The molecular formula is C24H26N4O. The van der Waals surface area contributed by atoms with Crippen LogP contribution in [0.25, 0.3) is 10.9 Å². The van der Waals surface area contributed by atoms with E-state index in [1.807, 2.05) is 35.4 Å². The Hall–Kier alpha value is -2.79. The zero-order chi connectivity index (χ0) is 19.8. The van der Waals surface area contributed by atoms with E-state index in [4.69, 9.17) is 0 Å². The molecule has 3 aliphatic heterocycles. The van der Waals surface area contributed by atoms with Crippen LogP contribution in [0.2, 0.25) is 0 Å². The van der Waals surface area contributed by atoms with E-state index in [1.54, 1.807) is 6.20 Å². The van der Waals surface area contributed by atoms with Crippen LogP contribution >= 0.6 is 0 Å². The largest absolute Gasteiger partial charge is 0.335 e. The summed E-state index contributed by atoms with van der Waals surface area (Å²) < 4.78 is 0. The Kier molecular flexibility index (Phi) is 4.76. The Labute approximate surface area is 171 Å². The third-order valence-electron chi connectivity index (χ3n) is 6.49. The van der Waals surface area contributed by atoms with Crippen molar-refractivity contribution in [1.82, 2.24) is 19.8 Å². The predicted molar refractivity (Wildman–Crippen MR) is 114 cm³/mol. The summed E-state index contributed by atoms with van der Waals surface area (Å²) in [5.41, 5.74) is 4.29. The van der Waals surface area contributed by atoms with Crippen LogP contribution in [0.3, 0.4) is 0 Å². The number of carbonyl (C=O) groups excluding carboxylic acids is 1. The molecule has 3 aromatic rings. The second-order valence-corrected chi connectivity index (χ2v) is 8.38. The molecule has 0 spiro atoms. The molecular weight excluding hydrogens is 360 g/mol. The van der Waals surface area contributed by atoms with Crippen LogP contribution in [0.1, 0.15) is 34.5 Å². The number of hydrogen-bond acceptors (Lipinski definition) is 4. The molecule has 2 atom stereocenters. The van der Waals surface area contributed by atoms with Crippen LogP contribution in [0.15, 0.2) is 54.9 Å². The smallest absolute Gasteiger partial charge is 0.272 e. The molecule has 0 aliphatic carbocycles. The normalized spacial score (nSPS) is 22.0. The molecule has 3 fully saturated rings. The lowest BCUT2D eigenvalue weighted by Crippen LogP contribution is -2.44. The van der Waals surface area contributed by atoms with E-state index in [0.717, 1.165) is 38.1 Å². The van der Waals surface area contributed by atoms with Gasteiger partial charge in [0, 0.05) is 50.0 Å². The zero-order valence-corrected chi connectivity index (χ0v) is 16.8. The van der Waals surface area contributed by atoms with Gasteiger partial charge in [0.05, 0.1) is 5.52 Å². The topological polar surface area (TPSA) is 49.3 Å². The third kappa shape index (κ3) is 3.51. The minimum absolute atomic E-state index is 0.0647. The molecule has 0 N–H and O–H groups in total. The van der Waals surface area contributed by atoms with Gasteiger partial charge in [-0.25, -0.2) is 0 Å². The van der Waals surface area contributed by atoms with Crippen molar-refractivity contribution in [2.75, 3.05) is 19.6 Å². The second kappa shape index (κ2) is 7.56. The first-order valence-electron chi connectivity index (χ1n) is 10.5. The van der Waals surface area contributed by atoms with Gasteiger partial charge in [0.1, 0.15) is 5.69 Å². The van der Waals surface area contributed by atoms with E-state index >= 15 is 0 Å². The molecule has 148 valence electrons. The number of benzene rings is 1. The first-order valence-corrected chi connectivity index (χ1v) is 10.5. The molecule has 2 bridgehead atoms. The molecule has 0 unspecified atom stereocenters. The number of aromatic nitrogens is 2. The summed E-state index contributed by atoms with van der Waals surface area (Å²) in [6.45, 7) is 5.77. The number of piperidine rings is 1. The Balaban J connectivity index is 1.40. The molecule has 1 aromatic carbocycles. The number of carbonyl (C=O) groups is 1. The van der Waals surface area contributed by atoms with E-state index in [2.05, 4.69) is 40.0 Å². The Bertz CT molecular complexity index is 1040. The highest BCUT2D eigenvalue weighted by Crippen LogP contribution is 2.31. The van der Waals surface area contributed by atoms with E-state index in [0.29, 0.717) is 17.7 Å². The van der Waals surface area contributed by atoms with E-state index in [9.17, 15) is 4.79 Å². The molecule has 2 aromatic heterocycles. The van der Waals surface area contributed by atoms with E-state index < -0.39 is 0 Å². The predicted octanol–water partition coefficient (Wildman–Crippen LogP) is 3.67. The zero-order valence-electron chi connectivity index (χ0n) is 16.8. The second-order valence-electron chi connectivity index (χ2n) is 8.38. The molecule has 5 nitrogen and oxygen atoms in total. The van der Waals surface area contributed by atoms with Crippen LogP contribution in [0, 0.1) is 12.8 Å². The van der Waals surface area contributed by atoms with Crippen molar-refractivity contribution in [3.8, 4) is 0 Å². The molecule has 29 heavy (non-hydrogen) atoms. The van der Waals surface area contributed by atoms with Gasteiger partial charge in [0.2, 0.25) is 0 Å². The Morgan fingerprint density at radius 2 is 1.90 bits per heavy atom. The fourth-order valence-electron chi connectivity index (χ4n) is 4.93. The minimum atomic E-state index is 0.0647. The molecule has 0 saturated carbocycles. The number of amides is 1. The Morgan fingerprint density at radius 3 is 2.76 bits per heavy atom. The maximum atomic E-state index is 13.0. The van der Waals surface area contributed by atoms with Crippen molar-refractivity contribution in [3.05, 3.63) is 71.7 Å². The number of hydrogen-bond donors (Lipinski definition) is 0. The summed E-state index contributed by atoms with van der Waals surface area (Å²) >= 11 is 0. The molecule has 0 radical (unpaired) electrons. The summed E-state index contributed by atoms with van der Waals surface area (Å²) in [7, 11) is 0. The lowest BCUT2D eigenvalue weighted by atomic mass is 9.93. The van der Waals surface area contributed by atoms with Crippen molar-refractivity contribution in [2.45, 2.75) is 32.4 Å². The average Bonchev–Trinajstić information content (AvgIpc) is 3.08. The van der Waals surface area contributed by atoms with Gasteiger partial charge in [-0.05, 0) is 61.1 Å². The van der Waals surface area contributed by atoms with Crippen LogP contribution in [-0.4, -0.2) is 51.4 Å². The molecule has 5 heteroatoms. The van der Waals surface area contributed by atoms with Crippen LogP contribution < -0.4 is 0 Å². The highest BCUT2D eigenvalue weighted by molar-refractivity contribution is 5.92. The fraction of sp³-hybridized carbons (Fsp3) is 0.375. The maximum Gasteiger partial charge on any atom is 0.272 e. The number of pyridine rings is 2. The lowest BCUT2D eigenvalue weighted by Gasteiger charge is -2.36. The van der Waals surface area contributed by atoms with Gasteiger partial charge >= 0.3 is 0 Å². The van der Waals surface area contributed by atoms with Crippen molar-refractivity contribution in [1.29, 1.82) is 0 Å². The number of aryl methyl sites for hydroxylation is 1. The van der Waals surface area contributed by atoms with Gasteiger partial charge in [-0.15, -0.1) is 0 Å². The highest BCUT2D eigenvalue weighted by Gasteiger charge is 2.37. The van der Waals surface area contributed by atoms with E-state index in [-0.39, 0.29) is 5.91 Å². The average molecular weight is 386 g/mol. The van der Waals surface area contributed by atoms with Gasteiger partial charge in [0.15, 0.2) is 0 Å². The SMILES string of the molecule is Cc1ccc2ncccc2c1CN1C[C@H]2CC[C@@H]1CN(C(=O)c1ccccn1)C2. The van der Waals surface area contributed by atoms with Gasteiger partial charge < -0.3 is 4.90 Å². The van der Waals surface area contributed by atoms with Gasteiger partial charge in [-0.2, -0.15) is 0 Å².